The van der Waals surface area contributed by atoms with Crippen LogP contribution in [0.25, 0.3) is 11.3 Å². The van der Waals surface area contributed by atoms with Crippen LogP contribution in [-0.4, -0.2) is 29.9 Å². The van der Waals surface area contributed by atoms with Crippen molar-refractivity contribution in [1.29, 1.82) is 0 Å². The van der Waals surface area contributed by atoms with Crippen LogP contribution in [0, 0.1) is 0 Å². The molecule has 22 heavy (non-hydrogen) atoms. The molecule has 0 amide bonds. The maximum atomic E-state index is 12.1. The van der Waals surface area contributed by atoms with E-state index in [2.05, 4.69) is 0 Å². The lowest BCUT2D eigenvalue weighted by atomic mass is 10.1. The molecule has 2 rings (SSSR count). The van der Waals surface area contributed by atoms with E-state index in [1.165, 1.54) is 11.7 Å². The number of ether oxygens (including phenoxy) is 2. The van der Waals surface area contributed by atoms with Gasteiger partial charge in [-0.3, -0.25) is 14.2 Å². The highest BCUT2D eigenvalue weighted by Crippen LogP contribution is 2.36. The van der Waals surface area contributed by atoms with Gasteiger partial charge in [-0.05, 0) is 24.6 Å². The first-order chi connectivity index (χ1) is 10.5. The summed E-state index contributed by atoms with van der Waals surface area (Å²) in [6.07, 6.45) is 0.627. The Balaban J connectivity index is 2.75. The van der Waals surface area contributed by atoms with Gasteiger partial charge >= 0.3 is 10.8 Å². The van der Waals surface area contributed by atoms with Gasteiger partial charge < -0.3 is 14.6 Å². The summed E-state index contributed by atoms with van der Waals surface area (Å²) in [6.45, 7) is 1.54. The van der Waals surface area contributed by atoms with E-state index < -0.39 is 5.97 Å². The third-order valence-corrected chi connectivity index (χ3v) is 4.36. The number of aryl methyl sites for hydroxylation is 1. The van der Waals surface area contributed by atoms with E-state index in [-0.39, 0.29) is 11.4 Å². The molecule has 1 heterocycles. The molecule has 0 atom stereocenters. The minimum Gasteiger partial charge on any atom is -0.497 e. The number of carboxylic acid groups (broad SMARTS) is 1. The van der Waals surface area contributed by atoms with Gasteiger partial charge in [0.25, 0.3) is 0 Å². The fraction of sp³-hybridized carbons (Fsp3) is 0.333. The normalized spacial score (nSPS) is 10.5. The zero-order chi connectivity index (χ0) is 16.3. The highest BCUT2D eigenvalue weighted by atomic mass is 32.1. The molecule has 1 N–H and O–H groups in total. The van der Waals surface area contributed by atoms with Crippen molar-refractivity contribution in [2.24, 2.45) is 0 Å². The first kappa shape index (κ1) is 16.1. The topological polar surface area (TPSA) is 77.8 Å². The van der Waals surface area contributed by atoms with Gasteiger partial charge in [-0.25, -0.2) is 0 Å². The molecular weight excluding hydrogens is 306 g/mol. The molecule has 2 aromatic rings. The van der Waals surface area contributed by atoms with Crippen LogP contribution in [0.1, 0.15) is 11.8 Å². The fourth-order valence-corrected chi connectivity index (χ4v) is 3.20. The van der Waals surface area contributed by atoms with E-state index in [0.717, 1.165) is 16.2 Å². The van der Waals surface area contributed by atoms with E-state index in [9.17, 15) is 9.59 Å². The van der Waals surface area contributed by atoms with Crippen molar-refractivity contribution in [2.75, 3.05) is 14.2 Å². The van der Waals surface area contributed by atoms with Gasteiger partial charge in [-0.1, -0.05) is 18.3 Å². The van der Waals surface area contributed by atoms with E-state index in [4.69, 9.17) is 14.6 Å². The van der Waals surface area contributed by atoms with Gasteiger partial charge in [0.05, 0.1) is 19.9 Å². The van der Waals surface area contributed by atoms with Crippen LogP contribution in [0.2, 0.25) is 0 Å². The second-order valence-electron chi connectivity index (χ2n) is 4.54. The molecule has 0 saturated heterocycles. The van der Waals surface area contributed by atoms with Crippen LogP contribution < -0.4 is 14.3 Å². The van der Waals surface area contributed by atoms with Crippen molar-refractivity contribution in [3.8, 4) is 22.8 Å². The van der Waals surface area contributed by atoms with E-state index in [0.29, 0.717) is 29.2 Å². The minimum absolute atomic E-state index is 0.292. The summed E-state index contributed by atoms with van der Waals surface area (Å²) in [5.41, 5.74) is 1.23. The fourth-order valence-electron chi connectivity index (χ4n) is 2.26. The highest BCUT2D eigenvalue weighted by Gasteiger charge is 2.20. The van der Waals surface area contributed by atoms with Crippen molar-refractivity contribution in [3.63, 3.8) is 0 Å². The van der Waals surface area contributed by atoms with Crippen LogP contribution in [0.4, 0.5) is 0 Å². The number of thiazole rings is 1. The summed E-state index contributed by atoms with van der Waals surface area (Å²) in [5, 5.41) is 9.06. The number of nitrogens with zero attached hydrogens (tertiary/aromatic N) is 1. The zero-order valence-electron chi connectivity index (χ0n) is 12.6. The monoisotopic (exact) mass is 323 g/mol. The first-order valence-electron chi connectivity index (χ1n) is 6.68. The second-order valence-corrected chi connectivity index (χ2v) is 5.59. The van der Waals surface area contributed by atoms with Gasteiger partial charge in [0.1, 0.15) is 18.0 Å². The first-order valence-corrected chi connectivity index (χ1v) is 7.50. The third-order valence-electron chi connectivity index (χ3n) is 3.24. The molecule has 0 bridgehead atoms. The number of methoxy groups -OCH3 is 2. The second kappa shape index (κ2) is 6.65. The summed E-state index contributed by atoms with van der Waals surface area (Å²) in [7, 11) is 3.08. The average Bonchev–Trinajstić information content (AvgIpc) is 2.82. The number of carbonyl (C=O) groups is 1. The van der Waals surface area contributed by atoms with Crippen molar-refractivity contribution in [3.05, 3.63) is 32.7 Å². The summed E-state index contributed by atoms with van der Waals surface area (Å²) >= 11 is 1.06. The van der Waals surface area contributed by atoms with Crippen molar-refractivity contribution in [2.45, 2.75) is 19.9 Å². The SMILES string of the molecule is CCc1sc(=O)n(CC(=O)O)c1-c1cc(OC)ccc1OC. The molecule has 0 fully saturated rings. The Labute approximate surface area is 131 Å². The summed E-state index contributed by atoms with van der Waals surface area (Å²) < 4.78 is 11.8. The molecule has 1 aromatic carbocycles. The molecule has 118 valence electrons. The van der Waals surface area contributed by atoms with Crippen LogP contribution in [0.15, 0.2) is 23.0 Å². The van der Waals surface area contributed by atoms with Crippen molar-refractivity contribution < 1.29 is 19.4 Å². The largest absolute Gasteiger partial charge is 0.497 e. The Kier molecular flexibility index (Phi) is 4.87. The quantitative estimate of drug-likeness (QED) is 0.882. The summed E-state index contributed by atoms with van der Waals surface area (Å²) in [4.78, 5) is 23.7. The molecule has 0 aliphatic carbocycles. The van der Waals surface area contributed by atoms with E-state index >= 15 is 0 Å². The number of aromatic nitrogens is 1. The Bertz CT molecular complexity index is 747. The molecule has 0 saturated carbocycles. The van der Waals surface area contributed by atoms with Gasteiger partial charge in [0.2, 0.25) is 0 Å². The van der Waals surface area contributed by atoms with Gasteiger partial charge in [0, 0.05) is 10.4 Å². The molecule has 0 radical (unpaired) electrons. The lowest BCUT2D eigenvalue weighted by molar-refractivity contribution is -0.137. The Morgan fingerprint density at radius 1 is 1.32 bits per heavy atom. The number of aliphatic carboxylic acids is 1. The van der Waals surface area contributed by atoms with Crippen LogP contribution >= 0.6 is 11.3 Å². The highest BCUT2D eigenvalue weighted by molar-refractivity contribution is 7.09. The molecule has 0 aliphatic heterocycles. The number of carboxylic acids is 1. The lowest BCUT2D eigenvalue weighted by Crippen LogP contribution is -2.20. The van der Waals surface area contributed by atoms with E-state index in [1.54, 1.807) is 25.3 Å². The number of hydrogen-bond donors (Lipinski definition) is 1. The Hall–Kier alpha value is -2.28. The molecule has 0 spiro atoms. The predicted molar refractivity (Wildman–Crippen MR) is 84.1 cm³/mol. The molecule has 7 heteroatoms. The molecular formula is C15H17NO5S. The smallest absolute Gasteiger partial charge is 0.323 e. The third kappa shape index (κ3) is 2.99. The van der Waals surface area contributed by atoms with E-state index in [1.807, 2.05) is 6.92 Å². The predicted octanol–water partition coefficient (Wildman–Crippen LogP) is 2.24. The standard InChI is InChI=1S/C15H17NO5S/c1-4-12-14(16(8-13(17)18)15(19)22-12)10-7-9(20-2)5-6-11(10)21-3/h5-7H,4,8H2,1-3H3,(H,17,18). The van der Waals surface area contributed by atoms with Crippen LogP contribution in [0.3, 0.4) is 0 Å². The number of rotatable bonds is 6. The molecule has 6 nitrogen and oxygen atoms in total. The van der Waals surface area contributed by atoms with Crippen molar-refractivity contribution in [1.82, 2.24) is 4.57 Å². The van der Waals surface area contributed by atoms with Gasteiger partial charge in [-0.15, -0.1) is 0 Å². The molecule has 1 aromatic heterocycles. The lowest BCUT2D eigenvalue weighted by Gasteiger charge is -2.13. The summed E-state index contributed by atoms with van der Waals surface area (Å²) in [5.74, 6) is 0.108. The maximum Gasteiger partial charge on any atom is 0.323 e. The Morgan fingerprint density at radius 2 is 2.05 bits per heavy atom. The van der Waals surface area contributed by atoms with Crippen LogP contribution in [0.5, 0.6) is 11.5 Å². The minimum atomic E-state index is -1.06. The van der Waals surface area contributed by atoms with Gasteiger partial charge in [0.15, 0.2) is 0 Å². The number of hydrogen-bond acceptors (Lipinski definition) is 5. The average molecular weight is 323 g/mol. The number of benzene rings is 1. The molecule has 0 aliphatic rings. The Morgan fingerprint density at radius 3 is 2.59 bits per heavy atom. The maximum absolute atomic E-state index is 12.1. The van der Waals surface area contributed by atoms with Crippen LogP contribution in [-0.2, 0) is 17.8 Å². The van der Waals surface area contributed by atoms with Crippen molar-refractivity contribution >= 4 is 17.3 Å². The molecule has 0 unspecified atom stereocenters. The van der Waals surface area contributed by atoms with Gasteiger partial charge in [-0.2, -0.15) is 0 Å². The summed E-state index contributed by atoms with van der Waals surface area (Å²) in [6, 6.07) is 5.23. The zero-order valence-corrected chi connectivity index (χ0v) is 13.4.